The molecule has 0 bridgehead atoms. The molecule has 4 nitrogen and oxygen atoms in total. The van der Waals surface area contributed by atoms with E-state index < -0.39 is 5.54 Å². The monoisotopic (exact) mass is 282 g/mol. The number of amides is 2. The number of carbonyl (C=O) groups is 2. The molecule has 0 aromatic carbocycles. The van der Waals surface area contributed by atoms with E-state index in [1.165, 1.54) is 12.8 Å². The lowest BCUT2D eigenvalue weighted by Gasteiger charge is -2.43. The van der Waals surface area contributed by atoms with Crippen LogP contribution in [-0.2, 0) is 9.59 Å². The highest BCUT2D eigenvalue weighted by Crippen LogP contribution is 2.23. The summed E-state index contributed by atoms with van der Waals surface area (Å²) in [5.41, 5.74) is -0.772. The van der Waals surface area contributed by atoms with Gasteiger partial charge < -0.3 is 10.2 Å². The zero-order valence-electron chi connectivity index (χ0n) is 13.7. The van der Waals surface area contributed by atoms with Crippen LogP contribution in [-0.4, -0.2) is 34.8 Å². The van der Waals surface area contributed by atoms with Crippen LogP contribution in [0.15, 0.2) is 0 Å². The molecule has 1 aliphatic rings. The Bertz CT molecular complexity index is 352. The van der Waals surface area contributed by atoms with E-state index >= 15 is 0 Å². The summed E-state index contributed by atoms with van der Waals surface area (Å²) in [5, 5.41) is 2.84. The Morgan fingerprint density at radius 3 is 2.40 bits per heavy atom. The van der Waals surface area contributed by atoms with E-state index in [2.05, 4.69) is 19.2 Å². The fourth-order valence-corrected chi connectivity index (χ4v) is 2.90. The van der Waals surface area contributed by atoms with Gasteiger partial charge >= 0.3 is 0 Å². The van der Waals surface area contributed by atoms with Gasteiger partial charge in [-0.2, -0.15) is 0 Å². The lowest BCUT2D eigenvalue weighted by molar-refractivity contribution is -0.154. The third kappa shape index (κ3) is 3.74. The molecular formula is C16H30N2O2. The number of nitrogens with zero attached hydrogens (tertiary/aromatic N) is 1. The van der Waals surface area contributed by atoms with Crippen LogP contribution in [0.5, 0.6) is 0 Å². The first-order chi connectivity index (χ1) is 9.37. The van der Waals surface area contributed by atoms with E-state index in [0.29, 0.717) is 18.9 Å². The van der Waals surface area contributed by atoms with Gasteiger partial charge in [0.25, 0.3) is 0 Å². The molecule has 0 spiro atoms. The summed E-state index contributed by atoms with van der Waals surface area (Å²) in [6.45, 7) is 10.6. The Balaban J connectivity index is 2.85. The zero-order chi connectivity index (χ0) is 15.3. The van der Waals surface area contributed by atoms with Gasteiger partial charge in [-0.1, -0.05) is 40.0 Å². The van der Waals surface area contributed by atoms with Gasteiger partial charge in [0, 0.05) is 6.54 Å². The molecule has 0 aromatic heterocycles. The van der Waals surface area contributed by atoms with E-state index in [1.54, 1.807) is 13.8 Å². The quantitative estimate of drug-likeness (QED) is 0.780. The zero-order valence-corrected chi connectivity index (χ0v) is 13.7. The molecule has 1 aliphatic heterocycles. The molecule has 0 radical (unpaired) electrons. The molecule has 116 valence electrons. The first-order valence-electron chi connectivity index (χ1n) is 8.00. The average Bonchev–Trinajstić information content (AvgIpc) is 2.39. The number of nitrogens with one attached hydrogen (secondary N) is 1. The molecule has 1 N–H and O–H groups in total. The Morgan fingerprint density at radius 1 is 1.25 bits per heavy atom. The van der Waals surface area contributed by atoms with Crippen molar-refractivity contribution in [3.63, 3.8) is 0 Å². The predicted octanol–water partition coefficient (Wildman–Crippen LogP) is 2.72. The average molecular weight is 282 g/mol. The van der Waals surface area contributed by atoms with Crippen LogP contribution in [0.25, 0.3) is 0 Å². The van der Waals surface area contributed by atoms with Crippen LogP contribution in [0.1, 0.15) is 66.7 Å². The molecule has 20 heavy (non-hydrogen) atoms. The second kappa shape index (κ2) is 7.09. The van der Waals surface area contributed by atoms with Crippen molar-refractivity contribution < 1.29 is 9.59 Å². The predicted molar refractivity (Wildman–Crippen MR) is 81.3 cm³/mol. The standard InChI is InChI=1S/C16H30N2O2/c1-6-9-10-12(7-2)11-18-13(8-3)14(19)17-16(4,5)15(18)20/h12-13H,6-11H2,1-5H3,(H,17,19). The SMILES string of the molecule is CCCCC(CC)CN1C(=O)C(C)(C)NC(=O)C1CC. The van der Waals surface area contributed by atoms with E-state index in [9.17, 15) is 9.59 Å². The third-order valence-electron chi connectivity index (χ3n) is 4.29. The summed E-state index contributed by atoms with van der Waals surface area (Å²) < 4.78 is 0. The Labute approximate surface area is 123 Å². The maximum atomic E-state index is 12.6. The van der Waals surface area contributed by atoms with Crippen molar-refractivity contribution in [2.45, 2.75) is 78.3 Å². The molecule has 1 fully saturated rings. The lowest BCUT2D eigenvalue weighted by atomic mass is 9.92. The molecule has 1 heterocycles. The van der Waals surface area contributed by atoms with Gasteiger partial charge in [0.05, 0.1) is 0 Å². The largest absolute Gasteiger partial charge is 0.340 e. The number of hydrogen-bond donors (Lipinski definition) is 1. The summed E-state index contributed by atoms with van der Waals surface area (Å²) >= 11 is 0. The molecule has 0 aliphatic carbocycles. The fourth-order valence-electron chi connectivity index (χ4n) is 2.90. The lowest BCUT2D eigenvalue weighted by Crippen LogP contribution is -2.68. The molecule has 2 unspecified atom stereocenters. The summed E-state index contributed by atoms with van der Waals surface area (Å²) in [4.78, 5) is 26.6. The Morgan fingerprint density at radius 2 is 1.90 bits per heavy atom. The van der Waals surface area contributed by atoms with Gasteiger partial charge in [0.1, 0.15) is 11.6 Å². The first-order valence-corrected chi connectivity index (χ1v) is 8.00. The molecule has 2 amide bonds. The van der Waals surface area contributed by atoms with E-state index in [-0.39, 0.29) is 17.9 Å². The molecule has 4 heteroatoms. The molecule has 2 atom stereocenters. The van der Waals surface area contributed by atoms with Crippen molar-refractivity contribution in [3.8, 4) is 0 Å². The normalized spacial score (nSPS) is 23.6. The molecule has 1 saturated heterocycles. The summed E-state index contributed by atoms with van der Waals surface area (Å²) in [7, 11) is 0. The number of unbranched alkanes of at least 4 members (excludes halogenated alkanes) is 1. The fraction of sp³-hybridized carbons (Fsp3) is 0.875. The number of carbonyl (C=O) groups excluding carboxylic acids is 2. The minimum atomic E-state index is -0.772. The molecular weight excluding hydrogens is 252 g/mol. The van der Waals surface area contributed by atoms with Crippen molar-refractivity contribution >= 4 is 11.8 Å². The second-order valence-electron chi connectivity index (χ2n) is 6.41. The third-order valence-corrected chi connectivity index (χ3v) is 4.29. The Hall–Kier alpha value is -1.06. The van der Waals surface area contributed by atoms with Crippen LogP contribution >= 0.6 is 0 Å². The highest BCUT2D eigenvalue weighted by atomic mass is 16.2. The van der Waals surface area contributed by atoms with Gasteiger partial charge in [0.15, 0.2) is 0 Å². The van der Waals surface area contributed by atoms with Crippen molar-refractivity contribution in [1.29, 1.82) is 0 Å². The number of rotatable bonds is 7. The molecule has 0 saturated carbocycles. The number of hydrogen-bond acceptors (Lipinski definition) is 2. The Kier molecular flexibility index (Phi) is 6.03. The molecule has 1 rings (SSSR count). The highest BCUT2D eigenvalue weighted by molar-refractivity contribution is 5.99. The first kappa shape index (κ1) is 17.0. The van der Waals surface area contributed by atoms with Crippen LogP contribution < -0.4 is 5.32 Å². The van der Waals surface area contributed by atoms with Crippen LogP contribution in [0.3, 0.4) is 0 Å². The van der Waals surface area contributed by atoms with E-state index in [1.807, 2.05) is 11.8 Å². The second-order valence-corrected chi connectivity index (χ2v) is 6.41. The van der Waals surface area contributed by atoms with Gasteiger partial charge in [0.2, 0.25) is 11.8 Å². The van der Waals surface area contributed by atoms with Crippen molar-refractivity contribution in [2.75, 3.05) is 6.54 Å². The minimum Gasteiger partial charge on any atom is -0.340 e. The maximum Gasteiger partial charge on any atom is 0.248 e. The van der Waals surface area contributed by atoms with Crippen molar-refractivity contribution in [2.24, 2.45) is 5.92 Å². The van der Waals surface area contributed by atoms with E-state index in [4.69, 9.17) is 0 Å². The topological polar surface area (TPSA) is 49.4 Å². The van der Waals surface area contributed by atoms with Crippen molar-refractivity contribution in [1.82, 2.24) is 10.2 Å². The van der Waals surface area contributed by atoms with Gasteiger partial charge in [-0.25, -0.2) is 0 Å². The number of piperazine rings is 1. The molecule has 0 aromatic rings. The van der Waals surface area contributed by atoms with Crippen LogP contribution in [0.4, 0.5) is 0 Å². The van der Waals surface area contributed by atoms with Gasteiger partial charge in [-0.15, -0.1) is 0 Å². The maximum absolute atomic E-state index is 12.6. The van der Waals surface area contributed by atoms with Gasteiger partial charge in [-0.05, 0) is 32.6 Å². The summed E-state index contributed by atoms with van der Waals surface area (Å²) in [5.74, 6) is 0.538. The smallest absolute Gasteiger partial charge is 0.248 e. The van der Waals surface area contributed by atoms with Gasteiger partial charge in [-0.3, -0.25) is 9.59 Å². The highest BCUT2D eigenvalue weighted by Gasteiger charge is 2.44. The summed E-state index contributed by atoms with van der Waals surface area (Å²) in [6.07, 6.45) is 5.23. The van der Waals surface area contributed by atoms with Crippen molar-refractivity contribution in [3.05, 3.63) is 0 Å². The van der Waals surface area contributed by atoms with Crippen LogP contribution in [0, 0.1) is 5.92 Å². The minimum absolute atomic E-state index is 0.0116. The van der Waals surface area contributed by atoms with E-state index in [0.717, 1.165) is 12.8 Å². The summed E-state index contributed by atoms with van der Waals surface area (Å²) in [6, 6.07) is -0.300. The van der Waals surface area contributed by atoms with Crippen LogP contribution in [0.2, 0.25) is 0 Å².